The molecule has 1 aliphatic rings. The molecule has 30 heavy (non-hydrogen) atoms. The molecule has 1 aromatic heterocycles. The van der Waals surface area contributed by atoms with Crippen molar-refractivity contribution in [2.45, 2.75) is 13.0 Å². The fraction of sp³-hybridized carbons (Fsp3) is 0.105. The third-order valence-electron chi connectivity index (χ3n) is 4.26. The van der Waals surface area contributed by atoms with Gasteiger partial charge < -0.3 is 0 Å². The molecule has 11 heteroatoms. The van der Waals surface area contributed by atoms with Crippen molar-refractivity contribution in [3.05, 3.63) is 68.5 Å². The molecule has 1 aliphatic heterocycles. The molecule has 1 amide bonds. The molecule has 3 aromatic rings. The Morgan fingerprint density at radius 3 is 2.53 bits per heavy atom. The van der Waals surface area contributed by atoms with Crippen LogP contribution in [0.3, 0.4) is 0 Å². The summed E-state index contributed by atoms with van der Waals surface area (Å²) in [5.41, 5.74) is 2.54. The van der Waals surface area contributed by atoms with Crippen molar-refractivity contribution in [2.75, 3.05) is 5.01 Å². The molecular formula is C19H13BrN6O3S. The number of hydrogen-bond acceptors (Lipinski definition) is 8. The normalized spacial score (nSPS) is 16.3. The molecule has 0 bridgehead atoms. The lowest BCUT2D eigenvalue weighted by Gasteiger charge is -2.08. The second kappa shape index (κ2) is 8.20. The van der Waals surface area contributed by atoms with E-state index in [1.807, 2.05) is 29.6 Å². The summed E-state index contributed by atoms with van der Waals surface area (Å²) in [4.78, 5) is 27.5. The molecule has 0 unspecified atom stereocenters. The number of carbonyl (C=O) groups is 1. The smallest absolute Gasteiger partial charge is 0.269 e. The Bertz CT molecular complexity index is 1170. The summed E-state index contributed by atoms with van der Waals surface area (Å²) < 4.78 is 0.970. The van der Waals surface area contributed by atoms with E-state index >= 15 is 0 Å². The zero-order chi connectivity index (χ0) is 21.3. The van der Waals surface area contributed by atoms with Crippen molar-refractivity contribution in [1.82, 2.24) is 4.98 Å². The van der Waals surface area contributed by atoms with Gasteiger partial charge in [-0.15, -0.1) is 11.3 Å². The van der Waals surface area contributed by atoms with Crippen molar-refractivity contribution in [3.63, 3.8) is 0 Å². The quantitative estimate of drug-likeness (QED) is 0.275. The molecule has 0 spiro atoms. The predicted octanol–water partition coefficient (Wildman–Crippen LogP) is 5.36. The molecule has 0 saturated carbocycles. The zero-order valence-corrected chi connectivity index (χ0v) is 17.9. The monoisotopic (exact) mass is 484 g/mol. The Labute approximate surface area is 183 Å². The molecule has 2 aromatic carbocycles. The number of benzene rings is 2. The Hall–Kier alpha value is -3.31. The highest BCUT2D eigenvalue weighted by molar-refractivity contribution is 9.10. The van der Waals surface area contributed by atoms with Crippen molar-refractivity contribution in [3.8, 4) is 11.3 Å². The number of halogens is 1. The van der Waals surface area contributed by atoms with Crippen LogP contribution < -0.4 is 5.01 Å². The number of nitrogens with zero attached hydrogens (tertiary/aromatic N) is 6. The summed E-state index contributed by atoms with van der Waals surface area (Å²) in [5, 5.41) is 26.7. The zero-order valence-electron chi connectivity index (χ0n) is 15.5. The van der Waals surface area contributed by atoms with Gasteiger partial charge in [0.05, 0.1) is 22.0 Å². The minimum Gasteiger partial charge on any atom is -0.269 e. The maximum atomic E-state index is 12.8. The summed E-state index contributed by atoms with van der Waals surface area (Å²) in [5.74, 6) is -0.352. The number of non-ortho nitro benzene ring substituents is 1. The highest BCUT2D eigenvalue weighted by Gasteiger charge is 2.36. The van der Waals surface area contributed by atoms with Gasteiger partial charge in [0.1, 0.15) is 0 Å². The number of hydrogen-bond donors (Lipinski definition) is 0. The molecule has 0 saturated heterocycles. The third kappa shape index (κ3) is 4.02. The van der Waals surface area contributed by atoms with Crippen molar-refractivity contribution in [2.24, 2.45) is 15.3 Å². The van der Waals surface area contributed by atoms with Gasteiger partial charge in [-0.2, -0.15) is 20.3 Å². The highest BCUT2D eigenvalue weighted by atomic mass is 79.9. The van der Waals surface area contributed by atoms with Gasteiger partial charge in [0.25, 0.3) is 11.6 Å². The lowest BCUT2D eigenvalue weighted by molar-refractivity contribution is -0.384. The van der Waals surface area contributed by atoms with Crippen LogP contribution in [-0.4, -0.2) is 27.6 Å². The van der Waals surface area contributed by atoms with Crippen LogP contribution in [0.25, 0.3) is 11.3 Å². The van der Waals surface area contributed by atoms with E-state index in [1.54, 1.807) is 6.92 Å². The van der Waals surface area contributed by atoms with Crippen LogP contribution in [0.5, 0.6) is 0 Å². The molecule has 150 valence electrons. The minimum atomic E-state index is -0.861. The van der Waals surface area contributed by atoms with Gasteiger partial charge in [0.15, 0.2) is 6.04 Å². The van der Waals surface area contributed by atoms with E-state index in [2.05, 4.69) is 36.2 Å². The molecule has 4 rings (SSSR count). The topological polar surface area (TPSA) is 113 Å². The predicted molar refractivity (Wildman–Crippen MR) is 117 cm³/mol. The molecule has 0 radical (unpaired) electrons. The number of carbonyl (C=O) groups excluding carboxylic acids is 1. The molecule has 1 atom stereocenters. The number of amides is 1. The van der Waals surface area contributed by atoms with Crippen molar-refractivity contribution < 1.29 is 9.72 Å². The first-order valence-electron chi connectivity index (χ1n) is 8.68. The molecule has 0 fully saturated rings. The Morgan fingerprint density at radius 1 is 1.17 bits per heavy atom. The second-order valence-electron chi connectivity index (χ2n) is 6.31. The third-order valence-corrected chi connectivity index (χ3v) is 5.60. The SMILES string of the molecule is CC1=NN(c2nc(-c3ccc(Br)cc3)cs2)C(=O)[C@@H]1N=Nc1ccc([N+](=O)[O-])cc1. The average Bonchev–Trinajstić information content (AvgIpc) is 3.32. The second-order valence-corrected chi connectivity index (χ2v) is 8.06. The number of thiazole rings is 1. The van der Waals surface area contributed by atoms with E-state index in [4.69, 9.17) is 0 Å². The van der Waals surface area contributed by atoms with Crippen LogP contribution in [0.2, 0.25) is 0 Å². The molecule has 9 nitrogen and oxygen atoms in total. The first kappa shape index (κ1) is 20.0. The van der Waals surface area contributed by atoms with Gasteiger partial charge in [0, 0.05) is 27.5 Å². The number of nitro groups is 1. The maximum absolute atomic E-state index is 12.8. The average molecular weight is 485 g/mol. The summed E-state index contributed by atoms with van der Waals surface area (Å²) >= 11 is 4.71. The Balaban J connectivity index is 1.51. The molecule has 0 N–H and O–H groups in total. The van der Waals surface area contributed by atoms with Gasteiger partial charge in [-0.3, -0.25) is 14.9 Å². The van der Waals surface area contributed by atoms with Crippen LogP contribution in [0, 0.1) is 10.1 Å². The number of aromatic nitrogens is 1. The van der Waals surface area contributed by atoms with Gasteiger partial charge >= 0.3 is 0 Å². The van der Waals surface area contributed by atoms with E-state index in [-0.39, 0.29) is 11.6 Å². The fourth-order valence-corrected chi connectivity index (χ4v) is 3.76. The van der Waals surface area contributed by atoms with E-state index in [9.17, 15) is 14.9 Å². The van der Waals surface area contributed by atoms with Gasteiger partial charge in [-0.05, 0) is 31.2 Å². The molecule has 0 aliphatic carbocycles. The summed E-state index contributed by atoms with van der Waals surface area (Å²) in [7, 11) is 0. The van der Waals surface area contributed by atoms with Gasteiger partial charge in [-0.1, -0.05) is 28.1 Å². The van der Waals surface area contributed by atoms with E-state index < -0.39 is 11.0 Å². The van der Waals surface area contributed by atoms with E-state index in [1.165, 1.54) is 40.6 Å². The number of anilines is 1. The Morgan fingerprint density at radius 2 is 1.87 bits per heavy atom. The first-order chi connectivity index (χ1) is 14.4. The number of hydrazone groups is 1. The number of azo groups is 1. The standard InChI is InChI=1S/C19H13BrN6O3S/c1-11-17(23-22-14-6-8-15(9-7-14)26(28)29)18(27)25(24-11)19-21-16(10-30-19)12-2-4-13(20)5-3-12/h2-10,17H,1H3/t17-/m1/s1. The maximum Gasteiger partial charge on any atom is 0.282 e. The van der Waals surface area contributed by atoms with Crippen LogP contribution in [0.4, 0.5) is 16.5 Å². The van der Waals surface area contributed by atoms with Crippen LogP contribution in [-0.2, 0) is 4.79 Å². The van der Waals surface area contributed by atoms with Crippen molar-refractivity contribution in [1.29, 1.82) is 0 Å². The summed E-state index contributed by atoms with van der Waals surface area (Å²) in [6, 6.07) is 12.5. The van der Waals surface area contributed by atoms with Gasteiger partial charge in [0.2, 0.25) is 5.13 Å². The van der Waals surface area contributed by atoms with E-state index in [0.29, 0.717) is 16.5 Å². The lowest BCUT2D eigenvalue weighted by Crippen LogP contribution is -2.29. The first-order valence-corrected chi connectivity index (χ1v) is 10.4. The highest BCUT2D eigenvalue weighted by Crippen LogP contribution is 2.31. The van der Waals surface area contributed by atoms with Gasteiger partial charge in [-0.25, -0.2) is 4.98 Å². The number of nitro benzene ring substituents is 1. The summed E-state index contributed by atoms with van der Waals surface area (Å²) in [6.07, 6.45) is 0. The van der Waals surface area contributed by atoms with Crippen LogP contribution in [0.1, 0.15) is 6.92 Å². The Kier molecular flexibility index (Phi) is 5.46. The number of rotatable bonds is 5. The molecule has 2 heterocycles. The largest absolute Gasteiger partial charge is 0.282 e. The van der Waals surface area contributed by atoms with Crippen LogP contribution >= 0.6 is 27.3 Å². The lowest BCUT2D eigenvalue weighted by atomic mass is 10.2. The van der Waals surface area contributed by atoms with Crippen molar-refractivity contribution >= 4 is 55.4 Å². The fourth-order valence-electron chi connectivity index (χ4n) is 2.71. The minimum absolute atomic E-state index is 0.0415. The van der Waals surface area contributed by atoms with E-state index in [0.717, 1.165) is 15.7 Å². The van der Waals surface area contributed by atoms with Crippen LogP contribution in [0.15, 0.2) is 73.7 Å². The summed E-state index contributed by atoms with van der Waals surface area (Å²) in [6.45, 7) is 1.70. The molecular weight excluding hydrogens is 472 g/mol.